The van der Waals surface area contributed by atoms with Gasteiger partial charge in [-0.2, -0.15) is 8.42 Å². The average molecular weight is 373 g/mol. The van der Waals surface area contributed by atoms with Gasteiger partial charge in [-0.1, -0.05) is 0 Å². The molecule has 0 spiro atoms. The molecule has 0 amide bonds. The molecule has 0 unspecified atom stereocenters. The van der Waals surface area contributed by atoms with E-state index in [1.165, 1.54) is 12.1 Å². The van der Waals surface area contributed by atoms with Crippen molar-refractivity contribution in [3.63, 3.8) is 0 Å². The number of ether oxygens (including phenoxy) is 2. The maximum Gasteiger partial charge on any atom is 1.00 e. The van der Waals surface area contributed by atoms with Crippen LogP contribution in [0.5, 0.6) is 5.75 Å². The minimum atomic E-state index is -4.27. The van der Waals surface area contributed by atoms with Crippen LogP contribution in [-0.4, -0.2) is 35.3 Å². The second kappa shape index (κ2) is 9.91. The smallest absolute Gasteiger partial charge is 1.00 e. The molecule has 0 saturated carbocycles. The van der Waals surface area contributed by atoms with E-state index in [2.05, 4.69) is 4.98 Å². The van der Waals surface area contributed by atoms with Crippen LogP contribution in [0.2, 0.25) is 0 Å². The molecule has 0 radical (unpaired) electrons. The Morgan fingerprint density at radius 2 is 1.96 bits per heavy atom. The van der Waals surface area contributed by atoms with Gasteiger partial charge in [0.2, 0.25) is 0 Å². The zero-order chi connectivity index (χ0) is 15.3. The summed E-state index contributed by atoms with van der Waals surface area (Å²) in [6, 6.07) is 4.70. The van der Waals surface area contributed by atoms with Crippen molar-refractivity contribution in [2.24, 2.45) is 0 Å². The van der Waals surface area contributed by atoms with Crippen LogP contribution in [0.3, 0.4) is 0 Å². The summed E-state index contributed by atoms with van der Waals surface area (Å²) in [6.07, 6.45) is 4.01. The number of hydrogen-bond donors (Lipinski definition) is 1. The van der Waals surface area contributed by atoms with Gasteiger partial charge in [0.05, 0.1) is 17.8 Å². The van der Waals surface area contributed by atoms with Crippen molar-refractivity contribution in [2.75, 3.05) is 6.61 Å². The molecule has 0 bridgehead atoms. The molecule has 122 valence electrons. The maximum absolute atomic E-state index is 11.4. The SMILES string of the molecule is Cl.O=C(OCCn1ccnc1)Oc1ccc(S(=O)(=O)O)cc1.[H-].[Na+]. The molecule has 0 fully saturated rings. The third-order valence-corrected chi connectivity index (χ3v) is 3.32. The van der Waals surface area contributed by atoms with Crippen LogP contribution in [-0.2, 0) is 21.4 Å². The van der Waals surface area contributed by atoms with Crippen LogP contribution in [0.4, 0.5) is 4.79 Å². The Morgan fingerprint density at radius 1 is 1.30 bits per heavy atom. The van der Waals surface area contributed by atoms with Gasteiger partial charge in [0.1, 0.15) is 12.4 Å². The molecule has 1 aromatic carbocycles. The van der Waals surface area contributed by atoms with Crippen molar-refractivity contribution in [3.05, 3.63) is 43.0 Å². The monoisotopic (exact) mass is 372 g/mol. The Hall–Kier alpha value is -1.10. The van der Waals surface area contributed by atoms with E-state index in [4.69, 9.17) is 14.0 Å². The normalized spacial score (nSPS) is 10.1. The number of rotatable bonds is 5. The number of benzene rings is 1. The quantitative estimate of drug-likeness (QED) is 0.306. The molecule has 0 aliphatic rings. The number of imidazole rings is 1. The van der Waals surface area contributed by atoms with Gasteiger partial charge in [-0.05, 0) is 24.3 Å². The molecule has 2 rings (SSSR count). The summed E-state index contributed by atoms with van der Waals surface area (Å²) in [5.74, 6) is 0.107. The number of carbonyl (C=O) groups is 1. The summed E-state index contributed by atoms with van der Waals surface area (Å²) >= 11 is 0. The Morgan fingerprint density at radius 3 is 2.48 bits per heavy atom. The molecule has 0 atom stereocenters. The fraction of sp³-hybridized carbons (Fsp3) is 0.167. The van der Waals surface area contributed by atoms with E-state index in [1.807, 2.05) is 0 Å². The van der Waals surface area contributed by atoms with Gasteiger partial charge in [-0.3, -0.25) is 4.55 Å². The Balaban J connectivity index is 0. The maximum atomic E-state index is 11.4. The topological polar surface area (TPSA) is 108 Å². The summed E-state index contributed by atoms with van der Waals surface area (Å²) in [7, 11) is -4.27. The van der Waals surface area contributed by atoms with Crippen molar-refractivity contribution in [2.45, 2.75) is 11.4 Å². The molecule has 23 heavy (non-hydrogen) atoms. The molecule has 8 nitrogen and oxygen atoms in total. The minimum absolute atomic E-state index is 0. The summed E-state index contributed by atoms with van der Waals surface area (Å²) in [6.45, 7) is 0.551. The van der Waals surface area contributed by atoms with E-state index < -0.39 is 16.3 Å². The number of carbonyl (C=O) groups excluding carboxylic acids is 1. The van der Waals surface area contributed by atoms with E-state index in [1.54, 1.807) is 23.3 Å². The molecule has 0 aliphatic heterocycles. The van der Waals surface area contributed by atoms with E-state index in [-0.39, 0.29) is 60.6 Å². The Labute approximate surface area is 162 Å². The van der Waals surface area contributed by atoms with Gasteiger partial charge in [0.25, 0.3) is 10.1 Å². The van der Waals surface area contributed by atoms with Gasteiger partial charge in [0, 0.05) is 12.4 Å². The molecular weight excluding hydrogens is 359 g/mol. The van der Waals surface area contributed by atoms with Crippen molar-refractivity contribution in [1.82, 2.24) is 9.55 Å². The van der Waals surface area contributed by atoms with Gasteiger partial charge in [0.15, 0.2) is 0 Å². The van der Waals surface area contributed by atoms with E-state index in [9.17, 15) is 13.2 Å². The summed E-state index contributed by atoms with van der Waals surface area (Å²) in [5, 5.41) is 0. The fourth-order valence-electron chi connectivity index (χ4n) is 1.46. The molecule has 11 heteroatoms. The minimum Gasteiger partial charge on any atom is -1.00 e. The number of halogens is 1. The van der Waals surface area contributed by atoms with Crippen molar-refractivity contribution >= 4 is 28.7 Å². The summed E-state index contributed by atoms with van der Waals surface area (Å²) in [5.41, 5.74) is 0. The molecule has 2 aromatic rings. The number of hydrogen-bond acceptors (Lipinski definition) is 6. The summed E-state index contributed by atoms with van der Waals surface area (Å²) < 4.78 is 41.9. The van der Waals surface area contributed by atoms with Crippen LogP contribution < -0.4 is 34.3 Å². The van der Waals surface area contributed by atoms with Gasteiger partial charge in [-0.25, -0.2) is 9.78 Å². The van der Waals surface area contributed by atoms with E-state index in [0.717, 1.165) is 12.1 Å². The fourth-order valence-corrected chi connectivity index (χ4v) is 1.94. The first-order valence-corrected chi connectivity index (χ1v) is 7.27. The Kier molecular flexibility index (Phi) is 9.44. The van der Waals surface area contributed by atoms with Gasteiger partial charge < -0.3 is 15.5 Å². The first-order chi connectivity index (χ1) is 9.95. The first-order valence-electron chi connectivity index (χ1n) is 5.83. The second-order valence-corrected chi connectivity index (χ2v) is 5.37. The molecular formula is C12H14ClN2NaO6S. The standard InChI is InChI=1S/C12H12N2O6S.ClH.Na.H/c15-12(19-8-7-14-6-5-13-9-14)20-10-1-3-11(4-2-10)21(16,17)18;;;/h1-6,9H,7-8H2,(H,16,17,18);1H;;/q;;+1;-1. The van der Waals surface area contributed by atoms with Gasteiger partial charge >= 0.3 is 35.7 Å². The Bertz CT molecular complexity index is 712. The van der Waals surface area contributed by atoms with Crippen molar-refractivity contribution in [3.8, 4) is 5.75 Å². The molecule has 1 heterocycles. The van der Waals surface area contributed by atoms with Crippen molar-refractivity contribution in [1.29, 1.82) is 0 Å². The third kappa shape index (κ3) is 7.34. The largest absolute Gasteiger partial charge is 1.00 e. The second-order valence-electron chi connectivity index (χ2n) is 3.95. The van der Waals surface area contributed by atoms with E-state index in [0.29, 0.717) is 6.54 Å². The van der Waals surface area contributed by atoms with Crippen LogP contribution in [0.15, 0.2) is 47.9 Å². The zero-order valence-corrected chi connectivity index (χ0v) is 15.8. The first kappa shape index (κ1) is 21.9. The zero-order valence-electron chi connectivity index (χ0n) is 13.2. The van der Waals surface area contributed by atoms with Crippen LogP contribution in [0.25, 0.3) is 0 Å². The molecule has 1 N–H and O–H groups in total. The number of nitrogens with zero attached hydrogens (tertiary/aromatic N) is 2. The van der Waals surface area contributed by atoms with Crippen LogP contribution >= 0.6 is 12.4 Å². The van der Waals surface area contributed by atoms with Gasteiger partial charge in [-0.15, -0.1) is 12.4 Å². The summed E-state index contributed by atoms with van der Waals surface area (Å²) in [4.78, 5) is 14.9. The van der Waals surface area contributed by atoms with Crippen LogP contribution in [0, 0.1) is 0 Å². The predicted molar refractivity (Wildman–Crippen MR) is 78.8 cm³/mol. The average Bonchev–Trinajstić information content (AvgIpc) is 2.91. The van der Waals surface area contributed by atoms with E-state index >= 15 is 0 Å². The molecule has 0 aliphatic carbocycles. The van der Waals surface area contributed by atoms with Crippen LogP contribution in [0.1, 0.15) is 1.43 Å². The van der Waals surface area contributed by atoms with Crippen molar-refractivity contribution < 1.29 is 58.2 Å². The number of aromatic nitrogens is 2. The predicted octanol–water partition coefficient (Wildman–Crippen LogP) is -1.12. The third-order valence-electron chi connectivity index (χ3n) is 2.45. The molecule has 0 saturated heterocycles. The molecule has 1 aromatic heterocycles.